The largest absolute Gasteiger partial charge is 0.383 e. The van der Waals surface area contributed by atoms with E-state index < -0.39 is 0 Å². The zero-order valence-corrected chi connectivity index (χ0v) is 9.38. The molecule has 0 unspecified atom stereocenters. The summed E-state index contributed by atoms with van der Waals surface area (Å²) in [6.45, 7) is 0. The lowest BCUT2D eigenvalue weighted by Gasteiger charge is -1.99. The van der Waals surface area contributed by atoms with Gasteiger partial charge in [0, 0.05) is 12.6 Å². The summed E-state index contributed by atoms with van der Waals surface area (Å²) in [4.78, 5) is 4.55. The molecule has 0 aliphatic rings. The molecule has 3 nitrogen and oxygen atoms in total. The molecule has 2 heterocycles. The van der Waals surface area contributed by atoms with Gasteiger partial charge < -0.3 is 5.73 Å². The molecule has 0 spiro atoms. The molecule has 0 amide bonds. The van der Waals surface area contributed by atoms with Crippen LogP contribution in [-0.4, -0.2) is 9.38 Å². The van der Waals surface area contributed by atoms with Crippen LogP contribution in [0.25, 0.3) is 5.65 Å². The van der Waals surface area contributed by atoms with E-state index in [1.165, 1.54) is 5.56 Å². The Morgan fingerprint density at radius 3 is 2.53 bits per heavy atom. The Kier molecular flexibility index (Phi) is 2.29. The summed E-state index contributed by atoms with van der Waals surface area (Å²) in [5.41, 5.74) is 9.14. The minimum Gasteiger partial charge on any atom is -0.383 e. The third kappa shape index (κ3) is 1.76. The van der Waals surface area contributed by atoms with Gasteiger partial charge in [-0.3, -0.25) is 4.40 Å². The number of imidazole rings is 1. The molecule has 3 rings (SSSR count). The third-order valence-corrected chi connectivity index (χ3v) is 2.86. The minimum atomic E-state index is 0.726. The molecule has 2 N–H and O–H groups in total. The molecule has 84 valence electrons. The zero-order chi connectivity index (χ0) is 11.7. The van der Waals surface area contributed by atoms with Gasteiger partial charge in [0.1, 0.15) is 11.5 Å². The molecule has 0 aliphatic heterocycles. The van der Waals surface area contributed by atoms with Crippen molar-refractivity contribution in [3.63, 3.8) is 0 Å². The Bertz CT molecular complexity index is 641. The molecule has 17 heavy (non-hydrogen) atoms. The first kappa shape index (κ1) is 9.90. The summed E-state index contributed by atoms with van der Waals surface area (Å²) in [5.74, 6) is 0.726. The smallest absolute Gasteiger partial charge is 0.138 e. The second-order valence-corrected chi connectivity index (χ2v) is 4.03. The summed E-state index contributed by atoms with van der Waals surface area (Å²) in [6.07, 6.45) is 2.71. The second-order valence-electron chi connectivity index (χ2n) is 4.03. The Morgan fingerprint density at radius 1 is 1.00 bits per heavy atom. The lowest BCUT2D eigenvalue weighted by Crippen LogP contribution is -1.97. The van der Waals surface area contributed by atoms with Crippen molar-refractivity contribution in [2.24, 2.45) is 0 Å². The maximum Gasteiger partial charge on any atom is 0.138 e. The highest BCUT2D eigenvalue weighted by molar-refractivity contribution is 5.53. The van der Waals surface area contributed by atoms with Gasteiger partial charge in [-0.05, 0) is 17.7 Å². The van der Waals surface area contributed by atoms with Crippen LogP contribution in [0.5, 0.6) is 0 Å². The fraction of sp³-hybridized carbons (Fsp3) is 0.0714. The molecule has 1 aromatic carbocycles. The van der Waals surface area contributed by atoms with E-state index in [1.807, 2.05) is 47.0 Å². The van der Waals surface area contributed by atoms with Crippen LogP contribution in [-0.2, 0) is 6.42 Å². The molecule has 3 aromatic rings. The average Bonchev–Trinajstić information content (AvgIpc) is 2.68. The van der Waals surface area contributed by atoms with Crippen LogP contribution in [0.1, 0.15) is 11.3 Å². The SMILES string of the molecule is Nc1c(Cc2ccccc2)nc2ccccn12. The molecule has 0 aliphatic carbocycles. The number of hydrogen-bond donors (Lipinski definition) is 1. The molecule has 0 atom stereocenters. The number of aromatic nitrogens is 2. The van der Waals surface area contributed by atoms with Gasteiger partial charge in [-0.25, -0.2) is 4.98 Å². The number of nitrogens with two attached hydrogens (primary N) is 1. The fourth-order valence-corrected chi connectivity index (χ4v) is 1.98. The highest BCUT2D eigenvalue weighted by Crippen LogP contribution is 2.17. The second kappa shape index (κ2) is 3.94. The molecule has 0 fully saturated rings. The lowest BCUT2D eigenvalue weighted by molar-refractivity contribution is 1.12. The third-order valence-electron chi connectivity index (χ3n) is 2.86. The van der Waals surface area contributed by atoms with Gasteiger partial charge in [-0.1, -0.05) is 36.4 Å². The van der Waals surface area contributed by atoms with E-state index in [1.54, 1.807) is 0 Å². The summed E-state index contributed by atoms with van der Waals surface area (Å²) in [5, 5.41) is 0. The van der Waals surface area contributed by atoms with Gasteiger partial charge in [-0.2, -0.15) is 0 Å². The summed E-state index contributed by atoms with van der Waals surface area (Å²) >= 11 is 0. The van der Waals surface area contributed by atoms with Crippen molar-refractivity contribution in [2.45, 2.75) is 6.42 Å². The Hall–Kier alpha value is -2.29. The van der Waals surface area contributed by atoms with E-state index >= 15 is 0 Å². The van der Waals surface area contributed by atoms with Crippen LogP contribution in [0.2, 0.25) is 0 Å². The molecule has 2 aromatic heterocycles. The number of benzene rings is 1. The number of hydrogen-bond acceptors (Lipinski definition) is 2. The van der Waals surface area contributed by atoms with E-state index in [0.29, 0.717) is 0 Å². The lowest BCUT2D eigenvalue weighted by atomic mass is 10.1. The first-order chi connectivity index (χ1) is 8.34. The maximum atomic E-state index is 6.09. The summed E-state index contributed by atoms with van der Waals surface area (Å²) in [6, 6.07) is 16.1. The minimum absolute atomic E-state index is 0.726. The molecule has 0 saturated heterocycles. The number of nitrogen functional groups attached to an aromatic ring is 1. The Labute approximate surface area is 99.5 Å². The molecule has 0 bridgehead atoms. The number of anilines is 1. The van der Waals surface area contributed by atoms with Crippen LogP contribution >= 0.6 is 0 Å². The first-order valence-electron chi connectivity index (χ1n) is 5.60. The van der Waals surface area contributed by atoms with Crippen molar-refractivity contribution < 1.29 is 0 Å². The van der Waals surface area contributed by atoms with Crippen molar-refractivity contribution in [3.8, 4) is 0 Å². The van der Waals surface area contributed by atoms with Crippen molar-refractivity contribution >= 4 is 11.5 Å². The molecular formula is C14H13N3. The monoisotopic (exact) mass is 223 g/mol. The summed E-state index contributed by atoms with van der Waals surface area (Å²) in [7, 11) is 0. The van der Waals surface area contributed by atoms with Gasteiger partial charge in [0.05, 0.1) is 5.69 Å². The molecule has 3 heteroatoms. The summed E-state index contributed by atoms with van der Waals surface area (Å²) < 4.78 is 1.91. The van der Waals surface area contributed by atoms with E-state index in [4.69, 9.17) is 5.73 Å². The highest BCUT2D eigenvalue weighted by Gasteiger charge is 2.08. The van der Waals surface area contributed by atoms with E-state index in [-0.39, 0.29) is 0 Å². The standard InChI is InChI=1S/C14H13N3/c15-14-12(10-11-6-2-1-3-7-11)16-13-8-4-5-9-17(13)14/h1-9H,10,15H2. The molecular weight excluding hydrogens is 210 g/mol. The molecule has 0 radical (unpaired) electrons. The first-order valence-corrected chi connectivity index (χ1v) is 5.60. The van der Waals surface area contributed by atoms with E-state index in [9.17, 15) is 0 Å². The number of nitrogens with zero attached hydrogens (tertiary/aromatic N) is 2. The van der Waals surface area contributed by atoms with E-state index in [2.05, 4.69) is 17.1 Å². The normalized spacial score (nSPS) is 10.8. The van der Waals surface area contributed by atoms with Gasteiger partial charge in [0.25, 0.3) is 0 Å². The Morgan fingerprint density at radius 2 is 1.76 bits per heavy atom. The fourth-order valence-electron chi connectivity index (χ4n) is 1.98. The predicted octanol–water partition coefficient (Wildman–Crippen LogP) is 2.51. The topological polar surface area (TPSA) is 43.3 Å². The highest BCUT2D eigenvalue weighted by atomic mass is 15.1. The van der Waals surface area contributed by atoms with Crippen LogP contribution in [0, 0.1) is 0 Å². The van der Waals surface area contributed by atoms with E-state index in [0.717, 1.165) is 23.6 Å². The van der Waals surface area contributed by atoms with Gasteiger partial charge in [0.2, 0.25) is 0 Å². The maximum absolute atomic E-state index is 6.09. The van der Waals surface area contributed by atoms with Crippen LogP contribution < -0.4 is 5.73 Å². The number of pyridine rings is 1. The van der Waals surface area contributed by atoms with Gasteiger partial charge in [-0.15, -0.1) is 0 Å². The quantitative estimate of drug-likeness (QED) is 0.725. The van der Waals surface area contributed by atoms with Crippen LogP contribution in [0.4, 0.5) is 5.82 Å². The van der Waals surface area contributed by atoms with Crippen molar-refractivity contribution in [1.82, 2.24) is 9.38 Å². The molecule has 0 saturated carbocycles. The van der Waals surface area contributed by atoms with Crippen molar-refractivity contribution in [2.75, 3.05) is 5.73 Å². The Balaban J connectivity index is 2.04. The zero-order valence-electron chi connectivity index (χ0n) is 9.38. The van der Waals surface area contributed by atoms with Crippen LogP contribution in [0.3, 0.4) is 0 Å². The van der Waals surface area contributed by atoms with Gasteiger partial charge in [0.15, 0.2) is 0 Å². The predicted molar refractivity (Wildman–Crippen MR) is 68.9 cm³/mol. The number of fused-ring (bicyclic) bond motifs is 1. The van der Waals surface area contributed by atoms with Gasteiger partial charge >= 0.3 is 0 Å². The average molecular weight is 223 g/mol. The van der Waals surface area contributed by atoms with Crippen molar-refractivity contribution in [1.29, 1.82) is 0 Å². The number of rotatable bonds is 2. The van der Waals surface area contributed by atoms with Crippen molar-refractivity contribution in [3.05, 3.63) is 66.0 Å². The van der Waals surface area contributed by atoms with Crippen LogP contribution in [0.15, 0.2) is 54.7 Å².